The lowest BCUT2D eigenvalue weighted by Crippen LogP contribution is -2.19. The van der Waals surface area contributed by atoms with Crippen molar-refractivity contribution in [3.05, 3.63) is 82.7 Å². The Hall–Kier alpha value is -3.58. The Bertz CT molecular complexity index is 1220. The van der Waals surface area contributed by atoms with E-state index < -0.39 is 0 Å². The van der Waals surface area contributed by atoms with Crippen LogP contribution < -0.4 is 16.6 Å². The Kier molecular flexibility index (Phi) is 4.29. The van der Waals surface area contributed by atoms with Crippen molar-refractivity contribution >= 4 is 16.9 Å². The first-order chi connectivity index (χ1) is 14.2. The van der Waals surface area contributed by atoms with E-state index in [2.05, 4.69) is 32.4 Å². The summed E-state index contributed by atoms with van der Waals surface area (Å²) in [7, 11) is 0. The van der Waals surface area contributed by atoms with E-state index in [0.717, 1.165) is 30.0 Å². The smallest absolute Gasteiger partial charge is 0.258 e. The summed E-state index contributed by atoms with van der Waals surface area (Å²) in [5.74, 6) is 1.35. The van der Waals surface area contributed by atoms with E-state index in [-0.39, 0.29) is 23.3 Å². The van der Waals surface area contributed by atoms with Crippen molar-refractivity contribution in [2.24, 2.45) is 0 Å². The first-order valence-electron chi connectivity index (χ1n) is 9.56. The molecule has 4 N–H and O–H groups in total. The number of nitrogens with zero attached hydrogens (tertiary/aromatic N) is 3. The molecule has 2 unspecified atom stereocenters. The second-order valence-corrected chi connectivity index (χ2v) is 7.29. The van der Waals surface area contributed by atoms with Crippen LogP contribution in [0.4, 0.5) is 5.95 Å². The molecule has 7 nitrogen and oxygen atoms in total. The molecular weight excluding hydrogens is 364 g/mol. The molecule has 2 atom stereocenters. The standard InChI is InChI=1S/C22H20N6O/c23-22-25-9-15(10-26-22)14-6-7-19-16(8-14)21(29)28-20(27-19)18-12-24-11-17(18)13-4-2-1-3-5-13/h1-10,17-18,24H,11-12H2,(H2,23,25,26)(H,27,28,29). The zero-order valence-electron chi connectivity index (χ0n) is 15.7. The lowest BCUT2D eigenvalue weighted by molar-refractivity contribution is 0.627. The predicted octanol–water partition coefficient (Wildman–Crippen LogP) is 2.43. The maximum atomic E-state index is 12.9. The number of hydrogen-bond donors (Lipinski definition) is 3. The van der Waals surface area contributed by atoms with E-state index in [1.54, 1.807) is 12.4 Å². The Balaban J connectivity index is 1.54. The largest absolute Gasteiger partial charge is 0.368 e. The minimum Gasteiger partial charge on any atom is -0.368 e. The number of nitrogen functional groups attached to an aromatic ring is 1. The number of aromatic amines is 1. The number of nitrogens with two attached hydrogens (primary N) is 1. The number of anilines is 1. The highest BCUT2D eigenvalue weighted by Gasteiger charge is 2.31. The van der Waals surface area contributed by atoms with Crippen molar-refractivity contribution < 1.29 is 0 Å². The molecule has 0 saturated carbocycles. The van der Waals surface area contributed by atoms with Gasteiger partial charge in [0.1, 0.15) is 5.82 Å². The zero-order valence-corrected chi connectivity index (χ0v) is 15.7. The Morgan fingerprint density at radius 3 is 2.48 bits per heavy atom. The lowest BCUT2D eigenvalue weighted by Gasteiger charge is -2.18. The topological polar surface area (TPSA) is 110 Å². The van der Waals surface area contributed by atoms with Gasteiger partial charge in [0.15, 0.2) is 0 Å². The van der Waals surface area contributed by atoms with Gasteiger partial charge in [0.25, 0.3) is 5.56 Å². The first kappa shape index (κ1) is 17.5. The maximum Gasteiger partial charge on any atom is 0.258 e. The van der Waals surface area contributed by atoms with Gasteiger partial charge in [0.05, 0.1) is 10.9 Å². The molecule has 5 rings (SSSR count). The molecule has 144 valence electrons. The summed E-state index contributed by atoms with van der Waals surface area (Å²) in [5.41, 5.74) is 9.01. The zero-order chi connectivity index (χ0) is 19.8. The van der Waals surface area contributed by atoms with E-state index in [1.807, 2.05) is 36.4 Å². The number of hydrogen-bond acceptors (Lipinski definition) is 6. The molecule has 1 aliphatic rings. The Morgan fingerprint density at radius 2 is 1.69 bits per heavy atom. The highest BCUT2D eigenvalue weighted by molar-refractivity contribution is 5.83. The number of rotatable bonds is 3. The quantitative estimate of drug-likeness (QED) is 0.500. The fourth-order valence-corrected chi connectivity index (χ4v) is 4.02. The van der Waals surface area contributed by atoms with Crippen molar-refractivity contribution in [3.63, 3.8) is 0 Å². The molecule has 3 heterocycles. The van der Waals surface area contributed by atoms with Crippen LogP contribution in [0.5, 0.6) is 0 Å². The molecule has 2 aromatic heterocycles. The summed E-state index contributed by atoms with van der Waals surface area (Å²) in [6.07, 6.45) is 3.29. The fourth-order valence-electron chi connectivity index (χ4n) is 4.02. The third kappa shape index (κ3) is 3.25. The van der Waals surface area contributed by atoms with E-state index >= 15 is 0 Å². The summed E-state index contributed by atoms with van der Waals surface area (Å²) in [5, 5.41) is 3.98. The predicted molar refractivity (Wildman–Crippen MR) is 113 cm³/mol. The van der Waals surface area contributed by atoms with Gasteiger partial charge in [-0.3, -0.25) is 4.79 Å². The van der Waals surface area contributed by atoms with Crippen LogP contribution in [0.1, 0.15) is 23.2 Å². The number of H-pyrrole nitrogens is 1. The molecule has 0 radical (unpaired) electrons. The first-order valence-corrected chi connectivity index (χ1v) is 9.56. The van der Waals surface area contributed by atoms with Gasteiger partial charge in [-0.2, -0.15) is 0 Å². The van der Waals surface area contributed by atoms with E-state index in [4.69, 9.17) is 10.7 Å². The minimum absolute atomic E-state index is 0.125. The number of nitrogens with one attached hydrogen (secondary N) is 2. The summed E-state index contributed by atoms with van der Waals surface area (Å²) < 4.78 is 0. The third-order valence-electron chi connectivity index (χ3n) is 5.52. The van der Waals surface area contributed by atoms with Crippen LogP contribution in [0.25, 0.3) is 22.0 Å². The van der Waals surface area contributed by atoms with Gasteiger partial charge in [-0.25, -0.2) is 15.0 Å². The second kappa shape index (κ2) is 7.10. The highest BCUT2D eigenvalue weighted by atomic mass is 16.1. The number of aromatic nitrogens is 4. The van der Waals surface area contributed by atoms with Crippen molar-refractivity contribution in [1.82, 2.24) is 25.3 Å². The van der Waals surface area contributed by atoms with Crippen LogP contribution >= 0.6 is 0 Å². The molecule has 29 heavy (non-hydrogen) atoms. The van der Waals surface area contributed by atoms with Crippen LogP contribution in [0.15, 0.2) is 65.7 Å². The van der Waals surface area contributed by atoms with Gasteiger partial charge in [-0.05, 0) is 23.3 Å². The van der Waals surface area contributed by atoms with E-state index in [1.165, 1.54) is 5.56 Å². The van der Waals surface area contributed by atoms with Crippen molar-refractivity contribution in [2.75, 3.05) is 18.8 Å². The number of fused-ring (bicyclic) bond motifs is 1. The molecule has 1 saturated heterocycles. The molecule has 1 fully saturated rings. The van der Waals surface area contributed by atoms with Crippen molar-refractivity contribution in [3.8, 4) is 11.1 Å². The molecule has 0 amide bonds. The molecule has 7 heteroatoms. The van der Waals surface area contributed by atoms with Crippen LogP contribution in [-0.2, 0) is 0 Å². The molecule has 0 bridgehead atoms. The van der Waals surface area contributed by atoms with Gasteiger partial charge >= 0.3 is 0 Å². The lowest BCUT2D eigenvalue weighted by atomic mass is 9.88. The Morgan fingerprint density at radius 1 is 0.931 bits per heavy atom. The minimum atomic E-state index is -0.137. The SMILES string of the molecule is Nc1ncc(-c2ccc3nc(C4CNCC4c4ccccc4)[nH]c(=O)c3c2)cn1. The highest BCUT2D eigenvalue weighted by Crippen LogP contribution is 2.34. The van der Waals surface area contributed by atoms with E-state index in [9.17, 15) is 4.79 Å². The average Bonchev–Trinajstić information content (AvgIpc) is 3.25. The van der Waals surface area contributed by atoms with E-state index in [0.29, 0.717) is 10.9 Å². The van der Waals surface area contributed by atoms with Crippen LogP contribution in [0.2, 0.25) is 0 Å². The van der Waals surface area contributed by atoms with Crippen LogP contribution in [0, 0.1) is 0 Å². The van der Waals surface area contributed by atoms with Gasteiger partial charge in [0, 0.05) is 42.9 Å². The molecular formula is C22H20N6O. The molecule has 0 aliphatic carbocycles. The van der Waals surface area contributed by atoms with Gasteiger partial charge in [-0.15, -0.1) is 0 Å². The maximum absolute atomic E-state index is 12.9. The monoisotopic (exact) mass is 384 g/mol. The van der Waals surface area contributed by atoms with Crippen LogP contribution in [-0.4, -0.2) is 33.0 Å². The summed E-state index contributed by atoms with van der Waals surface area (Å²) in [6.45, 7) is 1.65. The van der Waals surface area contributed by atoms with Crippen molar-refractivity contribution in [1.29, 1.82) is 0 Å². The summed E-state index contributed by atoms with van der Waals surface area (Å²) in [6, 6.07) is 16.0. The fraction of sp³-hybridized carbons (Fsp3) is 0.182. The normalized spacial score (nSPS) is 18.9. The van der Waals surface area contributed by atoms with Gasteiger partial charge < -0.3 is 16.0 Å². The summed E-state index contributed by atoms with van der Waals surface area (Å²) >= 11 is 0. The van der Waals surface area contributed by atoms with Gasteiger partial charge in [0.2, 0.25) is 5.95 Å². The average molecular weight is 384 g/mol. The molecule has 1 aliphatic heterocycles. The number of benzene rings is 2. The molecule has 2 aromatic carbocycles. The molecule has 4 aromatic rings. The summed E-state index contributed by atoms with van der Waals surface area (Å²) in [4.78, 5) is 28.7. The van der Waals surface area contributed by atoms with Crippen LogP contribution in [0.3, 0.4) is 0 Å². The Labute approximate surface area is 167 Å². The van der Waals surface area contributed by atoms with Crippen molar-refractivity contribution in [2.45, 2.75) is 11.8 Å². The van der Waals surface area contributed by atoms with Gasteiger partial charge in [-0.1, -0.05) is 36.4 Å². The second-order valence-electron chi connectivity index (χ2n) is 7.29. The third-order valence-corrected chi connectivity index (χ3v) is 5.52. The molecule has 0 spiro atoms.